The van der Waals surface area contributed by atoms with Gasteiger partial charge in [0.15, 0.2) is 5.41 Å². The largest absolute Gasteiger partial charge is 0.460 e. The molecule has 3 nitrogen and oxygen atoms in total. The monoisotopic (exact) mass is 209 g/mol. The molecule has 0 radical (unpaired) electrons. The number of hydrogen-bond acceptors (Lipinski definition) is 3. The molecule has 0 fully saturated rings. The Labute approximate surface area is 91.7 Å². The maximum Gasteiger partial charge on any atom is 0.326 e. The molecule has 0 amide bonds. The quantitative estimate of drug-likeness (QED) is 0.478. The van der Waals surface area contributed by atoms with Gasteiger partial charge in [0, 0.05) is 0 Å². The second kappa shape index (κ2) is 7.05. The Morgan fingerprint density at radius 2 is 2.27 bits per heavy atom. The smallest absolute Gasteiger partial charge is 0.326 e. The van der Waals surface area contributed by atoms with Crippen LogP contribution < -0.4 is 0 Å². The zero-order valence-corrected chi connectivity index (χ0v) is 9.58. The van der Waals surface area contributed by atoms with Crippen LogP contribution in [-0.2, 0) is 9.53 Å². The van der Waals surface area contributed by atoms with Crippen LogP contribution in [0.4, 0.5) is 0 Å². The van der Waals surface area contributed by atoms with Crippen molar-refractivity contribution in [1.29, 1.82) is 5.26 Å². The maximum atomic E-state index is 11.7. The lowest BCUT2D eigenvalue weighted by Gasteiger charge is -2.22. The van der Waals surface area contributed by atoms with Crippen LogP contribution in [0.3, 0.4) is 0 Å². The highest BCUT2D eigenvalue weighted by molar-refractivity contribution is 5.80. The molecule has 0 saturated carbocycles. The van der Waals surface area contributed by atoms with Crippen molar-refractivity contribution in [2.75, 3.05) is 6.61 Å². The summed E-state index contributed by atoms with van der Waals surface area (Å²) in [5, 5.41) is 9.10. The zero-order chi connectivity index (χ0) is 11.7. The molecular weight excluding hydrogens is 190 g/mol. The van der Waals surface area contributed by atoms with Crippen LogP contribution in [0, 0.1) is 16.7 Å². The van der Waals surface area contributed by atoms with Crippen molar-refractivity contribution in [3.63, 3.8) is 0 Å². The van der Waals surface area contributed by atoms with Crippen LogP contribution in [0.25, 0.3) is 0 Å². The van der Waals surface area contributed by atoms with Crippen molar-refractivity contribution >= 4 is 5.97 Å². The van der Waals surface area contributed by atoms with Gasteiger partial charge < -0.3 is 4.74 Å². The summed E-state index contributed by atoms with van der Waals surface area (Å²) in [6.45, 7) is 7.52. The molecule has 0 N–H and O–H groups in total. The summed E-state index contributed by atoms with van der Waals surface area (Å²) in [7, 11) is 0. The fraction of sp³-hybridized carbons (Fsp3) is 0.667. The maximum absolute atomic E-state index is 11.7. The van der Waals surface area contributed by atoms with Crippen molar-refractivity contribution in [3.05, 3.63) is 12.7 Å². The van der Waals surface area contributed by atoms with E-state index in [1.165, 1.54) is 6.08 Å². The zero-order valence-electron chi connectivity index (χ0n) is 9.58. The van der Waals surface area contributed by atoms with Gasteiger partial charge in [0.05, 0.1) is 6.07 Å². The summed E-state index contributed by atoms with van der Waals surface area (Å²) in [4.78, 5) is 11.7. The molecular formula is C12H19NO2. The Balaban J connectivity index is 4.54. The number of carbonyl (C=O) groups excluding carboxylic acids is 1. The van der Waals surface area contributed by atoms with Crippen LogP contribution >= 0.6 is 0 Å². The van der Waals surface area contributed by atoms with Crippen molar-refractivity contribution in [3.8, 4) is 6.07 Å². The van der Waals surface area contributed by atoms with Gasteiger partial charge in [-0.05, 0) is 12.8 Å². The molecule has 0 saturated heterocycles. The average molecular weight is 209 g/mol. The van der Waals surface area contributed by atoms with Gasteiger partial charge in [0.25, 0.3) is 0 Å². The van der Waals surface area contributed by atoms with Gasteiger partial charge in [-0.2, -0.15) is 5.26 Å². The van der Waals surface area contributed by atoms with Crippen LogP contribution in [0.2, 0.25) is 0 Å². The number of rotatable bonds is 7. The van der Waals surface area contributed by atoms with Crippen molar-refractivity contribution in [1.82, 2.24) is 0 Å². The number of carbonyl (C=O) groups is 1. The molecule has 0 aromatic heterocycles. The second-order valence-electron chi connectivity index (χ2n) is 3.54. The standard InChI is InChI=1S/C12H19NO2/c1-4-7-8-12(6-3,10-13)11(14)15-9-5-2/h5H,2,4,6-9H2,1,3H3. The summed E-state index contributed by atoms with van der Waals surface area (Å²) < 4.78 is 4.96. The number of ether oxygens (including phenoxy) is 1. The van der Waals surface area contributed by atoms with E-state index >= 15 is 0 Å². The minimum absolute atomic E-state index is 0.175. The van der Waals surface area contributed by atoms with Crippen LogP contribution in [0.15, 0.2) is 12.7 Å². The minimum atomic E-state index is -0.959. The first kappa shape index (κ1) is 13.7. The Kier molecular flexibility index (Phi) is 6.44. The summed E-state index contributed by atoms with van der Waals surface area (Å²) in [5.41, 5.74) is -0.959. The molecule has 0 aliphatic carbocycles. The number of esters is 1. The Bertz CT molecular complexity index is 255. The van der Waals surface area contributed by atoms with E-state index in [1.54, 1.807) is 0 Å². The van der Waals surface area contributed by atoms with Gasteiger partial charge in [-0.25, -0.2) is 0 Å². The van der Waals surface area contributed by atoms with Crippen LogP contribution in [0.1, 0.15) is 39.5 Å². The molecule has 0 rings (SSSR count). The van der Waals surface area contributed by atoms with Crippen LogP contribution in [-0.4, -0.2) is 12.6 Å². The third kappa shape index (κ3) is 3.75. The highest BCUT2D eigenvalue weighted by Gasteiger charge is 2.37. The average Bonchev–Trinajstić information content (AvgIpc) is 2.28. The third-order valence-electron chi connectivity index (χ3n) is 2.50. The molecule has 0 spiro atoms. The molecule has 1 atom stereocenters. The molecule has 3 heteroatoms. The first-order valence-electron chi connectivity index (χ1n) is 5.36. The first-order valence-corrected chi connectivity index (χ1v) is 5.36. The molecule has 0 aromatic rings. The van der Waals surface area contributed by atoms with Gasteiger partial charge in [-0.3, -0.25) is 4.79 Å². The van der Waals surface area contributed by atoms with E-state index in [-0.39, 0.29) is 6.61 Å². The van der Waals surface area contributed by atoms with Crippen molar-refractivity contribution < 1.29 is 9.53 Å². The number of hydrogen-bond donors (Lipinski definition) is 0. The molecule has 0 heterocycles. The number of nitrogens with zero attached hydrogens (tertiary/aromatic N) is 1. The second-order valence-corrected chi connectivity index (χ2v) is 3.54. The third-order valence-corrected chi connectivity index (χ3v) is 2.50. The Morgan fingerprint density at radius 1 is 1.60 bits per heavy atom. The highest BCUT2D eigenvalue weighted by atomic mass is 16.5. The van der Waals surface area contributed by atoms with E-state index in [9.17, 15) is 4.79 Å². The van der Waals surface area contributed by atoms with Crippen molar-refractivity contribution in [2.45, 2.75) is 39.5 Å². The molecule has 1 unspecified atom stereocenters. The van der Waals surface area contributed by atoms with Gasteiger partial charge in [-0.1, -0.05) is 39.3 Å². The summed E-state index contributed by atoms with van der Waals surface area (Å²) in [6.07, 6.45) is 4.42. The van der Waals surface area contributed by atoms with E-state index in [0.29, 0.717) is 12.8 Å². The summed E-state index contributed by atoms with van der Waals surface area (Å²) >= 11 is 0. The fourth-order valence-electron chi connectivity index (χ4n) is 1.36. The van der Waals surface area contributed by atoms with E-state index in [4.69, 9.17) is 10.00 Å². The lowest BCUT2D eigenvalue weighted by Crippen LogP contribution is -2.31. The molecule has 0 aliphatic rings. The lowest BCUT2D eigenvalue weighted by molar-refractivity contribution is -0.151. The SMILES string of the molecule is C=CCOC(=O)C(C#N)(CC)CCCC. The van der Waals surface area contributed by atoms with Gasteiger partial charge in [-0.15, -0.1) is 0 Å². The normalized spacial score (nSPS) is 13.7. The number of unbranched alkanes of at least 4 members (excludes halogenated alkanes) is 1. The Morgan fingerprint density at radius 3 is 2.67 bits per heavy atom. The summed E-state index contributed by atoms with van der Waals surface area (Å²) in [5.74, 6) is -0.416. The van der Waals surface area contributed by atoms with Gasteiger partial charge in [0.2, 0.25) is 0 Å². The molecule has 84 valence electrons. The molecule has 15 heavy (non-hydrogen) atoms. The van der Waals surface area contributed by atoms with Crippen LogP contribution in [0.5, 0.6) is 0 Å². The first-order chi connectivity index (χ1) is 7.16. The molecule has 0 bridgehead atoms. The lowest BCUT2D eigenvalue weighted by atomic mass is 9.82. The fourth-order valence-corrected chi connectivity index (χ4v) is 1.36. The number of nitriles is 1. The van der Waals surface area contributed by atoms with Gasteiger partial charge in [0.1, 0.15) is 6.61 Å². The van der Waals surface area contributed by atoms with E-state index in [1.807, 2.05) is 13.8 Å². The van der Waals surface area contributed by atoms with E-state index in [0.717, 1.165) is 12.8 Å². The summed E-state index contributed by atoms with van der Waals surface area (Å²) in [6, 6.07) is 2.10. The van der Waals surface area contributed by atoms with Gasteiger partial charge >= 0.3 is 5.97 Å². The molecule has 0 aliphatic heterocycles. The van der Waals surface area contributed by atoms with E-state index in [2.05, 4.69) is 12.6 Å². The van der Waals surface area contributed by atoms with Crippen molar-refractivity contribution in [2.24, 2.45) is 5.41 Å². The predicted molar refractivity (Wildman–Crippen MR) is 59.0 cm³/mol. The van der Waals surface area contributed by atoms with E-state index < -0.39 is 11.4 Å². The topological polar surface area (TPSA) is 50.1 Å². The molecule has 0 aromatic carbocycles. The highest BCUT2D eigenvalue weighted by Crippen LogP contribution is 2.29. The predicted octanol–water partition coefficient (Wildman–Crippen LogP) is 2.83. The Hall–Kier alpha value is -1.30. The minimum Gasteiger partial charge on any atom is -0.460 e.